The summed E-state index contributed by atoms with van der Waals surface area (Å²) in [5.74, 6) is 0.640. The Morgan fingerprint density at radius 1 is 0.750 bits per heavy atom. The van der Waals surface area contributed by atoms with Gasteiger partial charge in [-0.15, -0.1) is 0 Å². The molecule has 1 fully saturated rings. The monoisotopic (exact) mass is 224 g/mol. The Balaban J connectivity index is 3.33. The molecular weight excluding hydrogens is 200 g/mol. The number of hydrogen-bond acceptors (Lipinski definition) is 2. The van der Waals surface area contributed by atoms with Crippen molar-refractivity contribution in [1.29, 1.82) is 0 Å². The number of carbonyl (C=O) groups excluding carboxylic acids is 2. The van der Waals surface area contributed by atoms with Crippen molar-refractivity contribution in [2.45, 2.75) is 66.2 Å². The second-order valence-electron chi connectivity index (χ2n) is 4.92. The van der Waals surface area contributed by atoms with Gasteiger partial charge >= 0.3 is 0 Å². The van der Waals surface area contributed by atoms with Crippen molar-refractivity contribution in [3.63, 3.8) is 0 Å². The maximum Gasteiger partial charge on any atom is 0.140 e. The van der Waals surface area contributed by atoms with Crippen LogP contribution in [-0.2, 0) is 9.59 Å². The van der Waals surface area contributed by atoms with E-state index in [0.29, 0.717) is 24.4 Å². The number of ketones is 2. The van der Waals surface area contributed by atoms with E-state index in [1.807, 2.05) is 0 Å². The third-order valence-corrected chi connectivity index (χ3v) is 4.98. The lowest BCUT2D eigenvalue weighted by atomic mass is 9.50. The molecule has 1 aliphatic rings. The van der Waals surface area contributed by atoms with Gasteiger partial charge < -0.3 is 0 Å². The number of hydrogen-bond donors (Lipinski definition) is 0. The standard InChI is InChI=1S/C14H24O2/c1-5-13(6-2)11(15)9-10-12(16)14(13,7-3)8-4/h5-10H2,1-4H3. The van der Waals surface area contributed by atoms with Gasteiger partial charge in [0, 0.05) is 23.7 Å². The molecule has 0 saturated heterocycles. The molecule has 0 aliphatic heterocycles. The molecule has 0 atom stereocenters. The highest BCUT2D eigenvalue weighted by Crippen LogP contribution is 2.54. The maximum absolute atomic E-state index is 12.3. The fourth-order valence-corrected chi connectivity index (χ4v) is 3.88. The van der Waals surface area contributed by atoms with Gasteiger partial charge in [-0.1, -0.05) is 27.7 Å². The van der Waals surface area contributed by atoms with E-state index in [1.165, 1.54) is 0 Å². The summed E-state index contributed by atoms with van der Waals surface area (Å²) in [6.07, 6.45) is 4.13. The van der Waals surface area contributed by atoms with Crippen LogP contribution in [0.4, 0.5) is 0 Å². The number of Topliss-reactive ketones (excluding diaryl/α,β-unsaturated/α-hetero) is 2. The van der Waals surface area contributed by atoms with Gasteiger partial charge in [0.2, 0.25) is 0 Å². The summed E-state index contributed by atoms with van der Waals surface area (Å²) in [5.41, 5.74) is -0.766. The Bertz CT molecular complexity index is 253. The van der Waals surface area contributed by atoms with Crippen LogP contribution in [-0.4, -0.2) is 11.6 Å². The zero-order valence-corrected chi connectivity index (χ0v) is 11.1. The first-order valence-corrected chi connectivity index (χ1v) is 6.61. The molecule has 0 heterocycles. The largest absolute Gasteiger partial charge is 0.299 e. The van der Waals surface area contributed by atoms with Crippen molar-refractivity contribution < 1.29 is 9.59 Å². The first-order valence-electron chi connectivity index (χ1n) is 6.61. The van der Waals surface area contributed by atoms with Gasteiger partial charge in [-0.3, -0.25) is 9.59 Å². The topological polar surface area (TPSA) is 34.1 Å². The lowest BCUT2D eigenvalue weighted by Gasteiger charge is -2.50. The van der Waals surface area contributed by atoms with Crippen LogP contribution in [0.1, 0.15) is 66.2 Å². The third-order valence-electron chi connectivity index (χ3n) is 4.98. The Hall–Kier alpha value is -0.660. The number of rotatable bonds is 4. The molecule has 1 rings (SSSR count). The quantitative estimate of drug-likeness (QED) is 0.732. The second kappa shape index (κ2) is 4.68. The molecule has 0 N–H and O–H groups in total. The van der Waals surface area contributed by atoms with Crippen molar-refractivity contribution in [3.05, 3.63) is 0 Å². The Morgan fingerprint density at radius 2 is 1.00 bits per heavy atom. The molecule has 0 radical (unpaired) electrons. The molecule has 2 nitrogen and oxygen atoms in total. The van der Waals surface area contributed by atoms with Crippen LogP contribution in [0.2, 0.25) is 0 Å². The molecule has 0 unspecified atom stereocenters. The van der Waals surface area contributed by atoms with Crippen LogP contribution >= 0.6 is 0 Å². The van der Waals surface area contributed by atoms with Crippen molar-refractivity contribution in [2.75, 3.05) is 0 Å². The Labute approximate surface area is 98.8 Å². The van der Waals surface area contributed by atoms with Crippen LogP contribution in [0, 0.1) is 10.8 Å². The molecule has 92 valence electrons. The molecule has 2 heteroatoms. The fourth-order valence-electron chi connectivity index (χ4n) is 3.88. The molecule has 1 saturated carbocycles. The van der Waals surface area contributed by atoms with Crippen LogP contribution in [0.3, 0.4) is 0 Å². The van der Waals surface area contributed by atoms with Gasteiger partial charge in [0.25, 0.3) is 0 Å². The highest BCUT2D eigenvalue weighted by atomic mass is 16.1. The van der Waals surface area contributed by atoms with E-state index < -0.39 is 0 Å². The molecule has 1 aliphatic carbocycles. The van der Waals surface area contributed by atoms with Gasteiger partial charge in [-0.05, 0) is 25.7 Å². The summed E-state index contributed by atoms with van der Waals surface area (Å²) in [4.78, 5) is 24.6. The normalized spacial score (nSPS) is 23.5. The third kappa shape index (κ3) is 1.46. The van der Waals surface area contributed by atoms with Gasteiger partial charge in [0.05, 0.1) is 0 Å². The van der Waals surface area contributed by atoms with Crippen molar-refractivity contribution in [3.8, 4) is 0 Å². The van der Waals surface area contributed by atoms with Crippen molar-refractivity contribution >= 4 is 11.6 Å². The zero-order chi connectivity index (χ0) is 12.4. The fraction of sp³-hybridized carbons (Fsp3) is 0.857. The lowest BCUT2D eigenvalue weighted by Crippen LogP contribution is -2.54. The summed E-state index contributed by atoms with van der Waals surface area (Å²) in [7, 11) is 0. The van der Waals surface area contributed by atoms with E-state index in [9.17, 15) is 9.59 Å². The molecule has 0 amide bonds. The molecule has 0 spiro atoms. The summed E-state index contributed by atoms with van der Waals surface area (Å²) in [5, 5.41) is 0. The van der Waals surface area contributed by atoms with E-state index in [0.717, 1.165) is 25.7 Å². The maximum atomic E-state index is 12.3. The van der Waals surface area contributed by atoms with E-state index in [4.69, 9.17) is 0 Å². The minimum absolute atomic E-state index is 0.320. The van der Waals surface area contributed by atoms with Crippen LogP contribution in [0.5, 0.6) is 0 Å². The number of carbonyl (C=O) groups is 2. The van der Waals surface area contributed by atoms with Gasteiger partial charge in [0.15, 0.2) is 0 Å². The molecule has 0 aromatic carbocycles. The first-order chi connectivity index (χ1) is 7.54. The summed E-state index contributed by atoms with van der Waals surface area (Å²) >= 11 is 0. The molecular formula is C14H24O2. The molecule has 0 aromatic rings. The van der Waals surface area contributed by atoms with Crippen molar-refractivity contribution in [1.82, 2.24) is 0 Å². The Morgan fingerprint density at radius 3 is 1.19 bits per heavy atom. The van der Waals surface area contributed by atoms with Crippen LogP contribution < -0.4 is 0 Å². The summed E-state index contributed by atoms with van der Waals surface area (Å²) < 4.78 is 0. The Kier molecular flexibility index (Phi) is 3.92. The zero-order valence-electron chi connectivity index (χ0n) is 11.1. The first kappa shape index (κ1) is 13.4. The smallest absolute Gasteiger partial charge is 0.140 e. The predicted octanol–water partition coefficient (Wildman–Crippen LogP) is 3.53. The average Bonchev–Trinajstić information content (AvgIpc) is 2.32. The van der Waals surface area contributed by atoms with Gasteiger partial charge in [-0.25, -0.2) is 0 Å². The highest BCUT2D eigenvalue weighted by Gasteiger charge is 2.57. The van der Waals surface area contributed by atoms with E-state index >= 15 is 0 Å². The minimum atomic E-state index is -0.383. The summed E-state index contributed by atoms with van der Waals surface area (Å²) in [6, 6.07) is 0. The SMILES string of the molecule is CCC1(CC)C(=O)CCC(=O)C1(CC)CC. The molecule has 0 aromatic heterocycles. The van der Waals surface area contributed by atoms with E-state index in [-0.39, 0.29) is 10.8 Å². The van der Waals surface area contributed by atoms with E-state index in [2.05, 4.69) is 27.7 Å². The van der Waals surface area contributed by atoms with Gasteiger partial charge in [0.1, 0.15) is 11.6 Å². The summed E-state index contributed by atoms with van der Waals surface area (Å²) in [6.45, 7) is 8.22. The predicted molar refractivity (Wildman–Crippen MR) is 65.3 cm³/mol. The molecule has 16 heavy (non-hydrogen) atoms. The average molecular weight is 224 g/mol. The lowest BCUT2D eigenvalue weighted by molar-refractivity contribution is -0.158. The highest BCUT2D eigenvalue weighted by molar-refractivity contribution is 6.01. The van der Waals surface area contributed by atoms with E-state index in [1.54, 1.807) is 0 Å². The second-order valence-corrected chi connectivity index (χ2v) is 4.92. The minimum Gasteiger partial charge on any atom is -0.299 e. The molecule has 0 bridgehead atoms. The van der Waals surface area contributed by atoms with Crippen molar-refractivity contribution in [2.24, 2.45) is 10.8 Å². The van der Waals surface area contributed by atoms with Crippen LogP contribution in [0.15, 0.2) is 0 Å². The van der Waals surface area contributed by atoms with Crippen LogP contribution in [0.25, 0.3) is 0 Å². The van der Waals surface area contributed by atoms with Gasteiger partial charge in [-0.2, -0.15) is 0 Å².